The van der Waals surface area contributed by atoms with Crippen LogP contribution in [0.2, 0.25) is 10.0 Å². The molecule has 2 N–H and O–H groups in total. The number of rotatable bonds is 1. The van der Waals surface area contributed by atoms with Crippen molar-refractivity contribution in [3.8, 4) is 11.8 Å². The Bertz CT molecular complexity index is 941. The minimum absolute atomic E-state index is 0.0777. The van der Waals surface area contributed by atoms with Crippen molar-refractivity contribution in [1.29, 1.82) is 5.26 Å². The maximum Gasteiger partial charge on any atom is 0.343 e. The maximum absolute atomic E-state index is 12.3. The number of nitrogens with zero attached hydrogens (tertiary/aromatic N) is 1. The van der Waals surface area contributed by atoms with Crippen molar-refractivity contribution in [3.63, 3.8) is 0 Å². The third-order valence-electron chi connectivity index (χ3n) is 3.55. The van der Waals surface area contributed by atoms with Gasteiger partial charge in [0, 0.05) is 6.07 Å². The molecule has 0 bridgehead atoms. The fourth-order valence-electron chi connectivity index (χ4n) is 2.57. The van der Waals surface area contributed by atoms with Crippen molar-refractivity contribution in [3.05, 3.63) is 73.1 Å². The third kappa shape index (κ3) is 2.46. The molecule has 1 aliphatic heterocycles. The largest absolute Gasteiger partial charge is 0.440 e. The van der Waals surface area contributed by atoms with Crippen molar-refractivity contribution in [2.75, 3.05) is 0 Å². The number of halogens is 2. The normalized spacial score (nSPS) is 16.5. The van der Waals surface area contributed by atoms with Crippen molar-refractivity contribution < 1.29 is 9.15 Å². The second-order valence-corrected chi connectivity index (χ2v) is 5.78. The first-order valence-electron chi connectivity index (χ1n) is 6.60. The lowest BCUT2D eigenvalue weighted by Crippen LogP contribution is -2.26. The van der Waals surface area contributed by atoms with E-state index in [2.05, 4.69) is 0 Å². The molecule has 5 nitrogen and oxygen atoms in total. The molecule has 0 fully saturated rings. The standard InChI is InChI=1S/C16H10Cl2N2O3/c1-7-5-11-13(16(21)22-7)12(9(6-19)15(20)23-11)8-3-2-4-10(17)14(8)18/h2-5,12H,20H2,1H3/t12-/m1/s1. The summed E-state index contributed by atoms with van der Waals surface area (Å²) >= 11 is 12.3. The Labute approximate surface area is 141 Å². The molecule has 0 amide bonds. The molecule has 0 spiro atoms. The number of nitriles is 1. The Morgan fingerprint density at radius 3 is 2.78 bits per heavy atom. The average molecular weight is 349 g/mol. The van der Waals surface area contributed by atoms with Crippen LogP contribution >= 0.6 is 23.2 Å². The molecule has 2 heterocycles. The summed E-state index contributed by atoms with van der Waals surface area (Å²) in [5, 5.41) is 10.0. The molecular weight excluding hydrogens is 339 g/mol. The van der Waals surface area contributed by atoms with Crippen molar-refractivity contribution in [1.82, 2.24) is 0 Å². The van der Waals surface area contributed by atoms with Crippen LogP contribution in [0.5, 0.6) is 5.75 Å². The van der Waals surface area contributed by atoms with Crippen LogP contribution in [-0.2, 0) is 0 Å². The van der Waals surface area contributed by atoms with Gasteiger partial charge in [-0.05, 0) is 18.6 Å². The number of ether oxygens (including phenoxy) is 1. The maximum atomic E-state index is 12.3. The van der Waals surface area contributed by atoms with Gasteiger partial charge in [-0.15, -0.1) is 0 Å². The quantitative estimate of drug-likeness (QED) is 0.851. The summed E-state index contributed by atoms with van der Waals surface area (Å²) in [6, 6.07) is 8.50. The number of hydrogen-bond acceptors (Lipinski definition) is 5. The lowest BCUT2D eigenvalue weighted by Gasteiger charge is -2.25. The predicted molar refractivity (Wildman–Crippen MR) is 85.5 cm³/mol. The van der Waals surface area contributed by atoms with Gasteiger partial charge in [0.1, 0.15) is 23.2 Å². The Hall–Kier alpha value is -2.42. The van der Waals surface area contributed by atoms with Crippen LogP contribution in [0.4, 0.5) is 0 Å². The monoisotopic (exact) mass is 348 g/mol. The van der Waals surface area contributed by atoms with E-state index in [9.17, 15) is 10.1 Å². The van der Waals surface area contributed by atoms with Crippen molar-refractivity contribution in [2.24, 2.45) is 5.73 Å². The molecule has 1 atom stereocenters. The van der Waals surface area contributed by atoms with Crippen LogP contribution in [0.3, 0.4) is 0 Å². The lowest BCUT2D eigenvalue weighted by molar-refractivity contribution is 0.371. The van der Waals surface area contributed by atoms with Gasteiger partial charge in [0.15, 0.2) is 0 Å². The SMILES string of the molecule is Cc1cc2c(c(=O)o1)[C@H](c1cccc(Cl)c1Cl)C(C#N)=C(N)O2. The zero-order valence-electron chi connectivity index (χ0n) is 11.9. The third-order valence-corrected chi connectivity index (χ3v) is 4.38. The van der Waals surface area contributed by atoms with Gasteiger partial charge in [-0.1, -0.05) is 35.3 Å². The van der Waals surface area contributed by atoms with Crippen LogP contribution in [0, 0.1) is 18.3 Å². The highest BCUT2D eigenvalue weighted by Gasteiger charge is 2.35. The van der Waals surface area contributed by atoms with Gasteiger partial charge in [0.2, 0.25) is 5.88 Å². The highest BCUT2D eigenvalue weighted by Crippen LogP contribution is 2.44. The smallest absolute Gasteiger partial charge is 0.343 e. The molecule has 0 saturated heterocycles. The molecular formula is C16H10Cl2N2O3. The topological polar surface area (TPSA) is 89.2 Å². The first-order valence-corrected chi connectivity index (χ1v) is 7.35. The number of aryl methyl sites for hydroxylation is 1. The van der Waals surface area contributed by atoms with Gasteiger partial charge in [0.25, 0.3) is 0 Å². The van der Waals surface area contributed by atoms with Gasteiger partial charge in [-0.25, -0.2) is 4.79 Å². The summed E-state index contributed by atoms with van der Waals surface area (Å²) in [6.07, 6.45) is 0. The first kappa shape index (κ1) is 15.5. The Kier molecular flexibility index (Phi) is 3.80. The molecule has 0 radical (unpaired) electrons. The number of allylic oxidation sites excluding steroid dienone is 1. The molecule has 116 valence electrons. The lowest BCUT2D eigenvalue weighted by atomic mass is 9.84. The molecule has 1 aromatic carbocycles. The summed E-state index contributed by atoms with van der Waals surface area (Å²) in [6.45, 7) is 1.62. The van der Waals surface area contributed by atoms with Gasteiger partial charge in [-0.3, -0.25) is 0 Å². The van der Waals surface area contributed by atoms with Gasteiger partial charge in [0.05, 0.1) is 21.5 Å². The zero-order valence-corrected chi connectivity index (χ0v) is 13.4. The molecule has 2 aromatic rings. The van der Waals surface area contributed by atoms with E-state index in [1.807, 2.05) is 6.07 Å². The highest BCUT2D eigenvalue weighted by atomic mass is 35.5. The summed E-state index contributed by atoms with van der Waals surface area (Å²) < 4.78 is 10.6. The van der Waals surface area contributed by atoms with Gasteiger partial charge >= 0.3 is 5.63 Å². The van der Waals surface area contributed by atoms with Crippen LogP contribution in [0.1, 0.15) is 22.8 Å². The second kappa shape index (κ2) is 5.65. The molecule has 1 aliphatic rings. The first-order chi connectivity index (χ1) is 10.9. The highest BCUT2D eigenvalue weighted by molar-refractivity contribution is 6.42. The van der Waals surface area contributed by atoms with Crippen molar-refractivity contribution in [2.45, 2.75) is 12.8 Å². The summed E-state index contributed by atoms with van der Waals surface area (Å²) in [5.74, 6) is -0.257. The van der Waals surface area contributed by atoms with Crippen LogP contribution < -0.4 is 16.1 Å². The second-order valence-electron chi connectivity index (χ2n) is 4.99. The van der Waals surface area contributed by atoms with E-state index >= 15 is 0 Å². The van der Waals surface area contributed by atoms with E-state index in [0.29, 0.717) is 16.3 Å². The summed E-state index contributed by atoms with van der Waals surface area (Å²) in [4.78, 5) is 12.3. The Morgan fingerprint density at radius 2 is 2.09 bits per heavy atom. The Balaban J connectivity index is 2.37. The van der Waals surface area contributed by atoms with Crippen LogP contribution in [0.25, 0.3) is 0 Å². The van der Waals surface area contributed by atoms with Gasteiger partial charge in [-0.2, -0.15) is 5.26 Å². The van der Waals surface area contributed by atoms with Crippen LogP contribution in [0.15, 0.2) is 44.9 Å². The molecule has 23 heavy (non-hydrogen) atoms. The fourth-order valence-corrected chi connectivity index (χ4v) is 2.99. The van der Waals surface area contributed by atoms with E-state index in [-0.39, 0.29) is 27.8 Å². The van der Waals surface area contributed by atoms with E-state index in [1.165, 1.54) is 0 Å². The summed E-state index contributed by atoms with van der Waals surface area (Å²) in [7, 11) is 0. The number of benzene rings is 1. The zero-order chi connectivity index (χ0) is 16.7. The summed E-state index contributed by atoms with van der Waals surface area (Å²) in [5.41, 5.74) is 5.98. The molecule has 0 saturated carbocycles. The van der Waals surface area contributed by atoms with E-state index in [0.717, 1.165) is 0 Å². The van der Waals surface area contributed by atoms with E-state index in [4.69, 9.17) is 38.1 Å². The molecule has 0 unspecified atom stereocenters. The minimum Gasteiger partial charge on any atom is -0.440 e. The molecule has 7 heteroatoms. The van der Waals surface area contributed by atoms with Crippen molar-refractivity contribution >= 4 is 23.2 Å². The Morgan fingerprint density at radius 1 is 1.35 bits per heavy atom. The molecule has 0 aliphatic carbocycles. The predicted octanol–water partition coefficient (Wildman–Crippen LogP) is 3.47. The fraction of sp³-hybridized carbons (Fsp3) is 0.125. The average Bonchev–Trinajstić information content (AvgIpc) is 2.48. The number of nitrogens with two attached hydrogens (primary N) is 1. The van der Waals surface area contributed by atoms with E-state index in [1.54, 1.807) is 31.2 Å². The molecule has 3 rings (SSSR count). The minimum atomic E-state index is -0.799. The number of hydrogen-bond donors (Lipinski definition) is 1. The molecule has 1 aromatic heterocycles. The van der Waals surface area contributed by atoms with E-state index < -0.39 is 11.5 Å². The number of fused-ring (bicyclic) bond motifs is 1. The van der Waals surface area contributed by atoms with Crippen LogP contribution in [-0.4, -0.2) is 0 Å². The van der Waals surface area contributed by atoms with Gasteiger partial charge < -0.3 is 14.9 Å².